The fourth-order valence-corrected chi connectivity index (χ4v) is 5.62. The van der Waals surface area contributed by atoms with Crippen molar-refractivity contribution >= 4 is 14.7 Å². The van der Waals surface area contributed by atoms with E-state index >= 15 is 0 Å². The Kier molecular flexibility index (Phi) is 22.4. The molecule has 8 nitrogen and oxygen atoms in total. The van der Waals surface area contributed by atoms with Crippen molar-refractivity contribution in [3.63, 3.8) is 0 Å². The summed E-state index contributed by atoms with van der Waals surface area (Å²) >= 11 is 0. The highest BCUT2D eigenvalue weighted by molar-refractivity contribution is 7.41. The van der Waals surface area contributed by atoms with Crippen LogP contribution in [-0.2, 0) is 20.5 Å². The fraction of sp³-hybridized carbons (Fsp3) is 0.657. The van der Waals surface area contributed by atoms with Crippen LogP contribution in [0.3, 0.4) is 0 Å². The molecular weight excluding hydrogens is 575 g/mol. The van der Waals surface area contributed by atoms with Crippen molar-refractivity contribution in [2.45, 2.75) is 122 Å². The summed E-state index contributed by atoms with van der Waals surface area (Å²) in [6.45, 7) is 3.62. The number of carbonyl (C=O) groups excluding carboxylic acids is 1. The quantitative estimate of drug-likeness (QED) is 0.0582. The van der Waals surface area contributed by atoms with Gasteiger partial charge in [-0.3, -0.25) is 4.52 Å². The van der Waals surface area contributed by atoms with Crippen LogP contribution in [0.5, 0.6) is 5.75 Å². The van der Waals surface area contributed by atoms with E-state index in [4.69, 9.17) is 18.5 Å². The average Bonchev–Trinajstić information content (AvgIpc) is 3.03. The van der Waals surface area contributed by atoms with Crippen molar-refractivity contribution in [2.24, 2.45) is 0 Å². The van der Waals surface area contributed by atoms with Gasteiger partial charge in [-0.15, -0.1) is 0 Å². The lowest BCUT2D eigenvalue weighted by molar-refractivity contribution is -0.688. The van der Waals surface area contributed by atoms with Crippen LogP contribution in [0.1, 0.15) is 115 Å². The Morgan fingerprint density at radius 2 is 1.41 bits per heavy atom. The first kappa shape index (κ1) is 37.9. The van der Waals surface area contributed by atoms with Gasteiger partial charge >= 0.3 is 14.7 Å². The summed E-state index contributed by atoms with van der Waals surface area (Å²) in [6, 6.07) is 13.4. The van der Waals surface area contributed by atoms with Crippen LogP contribution >= 0.6 is 8.60 Å². The number of benzene rings is 1. The number of amides is 1. The van der Waals surface area contributed by atoms with Gasteiger partial charge in [0, 0.05) is 31.4 Å². The molecule has 2 unspecified atom stereocenters. The van der Waals surface area contributed by atoms with Crippen molar-refractivity contribution in [2.75, 3.05) is 26.9 Å². The number of nitrogens with zero attached hydrogens (tertiary/aromatic N) is 1. The second kappa shape index (κ2) is 26.0. The average molecular weight is 634 g/mol. The van der Waals surface area contributed by atoms with Gasteiger partial charge in [-0.1, -0.05) is 121 Å². The number of hydrogen-bond donors (Lipinski definition) is 2. The normalized spacial score (nSPS) is 12.5. The molecule has 0 aliphatic carbocycles. The van der Waals surface area contributed by atoms with Gasteiger partial charge in [0.05, 0.1) is 6.61 Å². The summed E-state index contributed by atoms with van der Waals surface area (Å²) in [6.07, 6.45) is 24.1. The molecule has 2 aromatic rings. The summed E-state index contributed by atoms with van der Waals surface area (Å²) < 4.78 is 23.7. The molecule has 0 saturated heterocycles. The van der Waals surface area contributed by atoms with Crippen LogP contribution in [-0.4, -0.2) is 44.0 Å². The van der Waals surface area contributed by atoms with Crippen molar-refractivity contribution in [1.29, 1.82) is 0 Å². The number of unbranched alkanes of at least 4 members (excludes halogenated alkanes) is 15. The molecule has 1 aromatic heterocycles. The number of ether oxygens (including phenoxy) is 2. The molecule has 2 rings (SSSR count). The van der Waals surface area contributed by atoms with E-state index in [0.717, 1.165) is 18.4 Å². The Labute approximate surface area is 267 Å². The number of hydrogen-bond acceptors (Lipinski definition) is 6. The Morgan fingerprint density at radius 1 is 0.818 bits per heavy atom. The summed E-state index contributed by atoms with van der Waals surface area (Å²) in [5.41, 5.74) is 1.04. The highest BCUT2D eigenvalue weighted by atomic mass is 31.2. The summed E-state index contributed by atoms with van der Waals surface area (Å²) in [4.78, 5) is 22.3. The van der Waals surface area contributed by atoms with E-state index in [2.05, 4.69) is 16.8 Å². The molecule has 248 valence electrons. The topological polar surface area (TPSA) is 90.1 Å². The lowest BCUT2D eigenvalue weighted by Gasteiger charge is -2.18. The molecule has 0 saturated carbocycles. The van der Waals surface area contributed by atoms with Crippen molar-refractivity contribution in [1.82, 2.24) is 5.32 Å². The first-order chi connectivity index (χ1) is 21.6. The Bertz CT molecular complexity index is 967. The van der Waals surface area contributed by atoms with Gasteiger partial charge in [-0.25, -0.2) is 9.36 Å². The van der Waals surface area contributed by atoms with Crippen molar-refractivity contribution in [3.8, 4) is 5.75 Å². The van der Waals surface area contributed by atoms with Crippen LogP contribution in [0.15, 0.2) is 54.9 Å². The van der Waals surface area contributed by atoms with E-state index in [1.54, 1.807) is 6.07 Å². The predicted octanol–water partition coefficient (Wildman–Crippen LogP) is 8.64. The third kappa shape index (κ3) is 19.9. The summed E-state index contributed by atoms with van der Waals surface area (Å²) in [5, 5.41) is 2.80. The SMILES string of the molecule is CCCCCCCCCCCCCCCCCCNC(=O)OCC(COP(O)Oc1cccc(C[n+]2ccccc2)c1)OC. The number of methoxy groups -OCH3 is 1. The van der Waals surface area contributed by atoms with Gasteiger partial charge in [0.1, 0.15) is 18.5 Å². The van der Waals surface area contributed by atoms with Crippen LogP contribution in [0.25, 0.3) is 0 Å². The Morgan fingerprint density at radius 3 is 2.00 bits per heavy atom. The maximum Gasteiger partial charge on any atom is 0.407 e. The van der Waals surface area contributed by atoms with E-state index in [-0.39, 0.29) is 13.2 Å². The zero-order valence-electron chi connectivity index (χ0n) is 27.3. The minimum absolute atomic E-state index is 0.0221. The molecular formula is C35H58N2O6P+. The molecule has 1 aromatic carbocycles. The predicted molar refractivity (Wildman–Crippen MR) is 178 cm³/mol. The van der Waals surface area contributed by atoms with Crippen LogP contribution in [0.4, 0.5) is 4.79 Å². The van der Waals surface area contributed by atoms with Crippen LogP contribution in [0.2, 0.25) is 0 Å². The van der Waals surface area contributed by atoms with E-state index in [9.17, 15) is 9.69 Å². The molecule has 1 amide bonds. The molecule has 9 heteroatoms. The lowest BCUT2D eigenvalue weighted by Crippen LogP contribution is -2.32. The van der Waals surface area contributed by atoms with Gasteiger partial charge in [-0.2, -0.15) is 0 Å². The maximum atomic E-state index is 12.1. The van der Waals surface area contributed by atoms with Crippen LogP contribution in [0, 0.1) is 0 Å². The largest absolute Gasteiger partial charge is 0.447 e. The number of rotatable bonds is 27. The number of carbonyl (C=O) groups is 1. The van der Waals surface area contributed by atoms with Gasteiger partial charge in [-0.05, 0) is 18.6 Å². The number of alkyl carbamates (subject to hydrolysis) is 1. The molecule has 0 fully saturated rings. The molecule has 44 heavy (non-hydrogen) atoms. The molecule has 0 aliphatic heterocycles. The van der Waals surface area contributed by atoms with Gasteiger partial charge < -0.3 is 24.2 Å². The summed E-state index contributed by atoms with van der Waals surface area (Å²) in [7, 11) is -0.652. The lowest BCUT2D eigenvalue weighted by atomic mass is 10.0. The van der Waals surface area contributed by atoms with Crippen molar-refractivity contribution < 1.29 is 32.8 Å². The smallest absolute Gasteiger partial charge is 0.407 e. The second-order valence-electron chi connectivity index (χ2n) is 11.5. The standard InChI is InChI=1S/C35H57N2O6P/c1-3-4-5-6-7-8-9-10-11-12-13-14-15-16-17-19-25-36-35(38)41-30-34(40-2)31-42-44(39)43-33-24-22-23-32(28-33)29-37-26-20-18-21-27-37/h18,20-24,26-28,34,39H,3-17,19,25,29-31H2,1-2H3/p+1. The minimum atomic E-state index is -2.16. The van der Waals surface area contributed by atoms with E-state index in [1.807, 2.05) is 48.8 Å². The number of nitrogens with one attached hydrogen (secondary N) is 1. The van der Waals surface area contributed by atoms with E-state index < -0.39 is 20.8 Å². The van der Waals surface area contributed by atoms with Gasteiger partial charge in [0.25, 0.3) is 0 Å². The van der Waals surface area contributed by atoms with Crippen LogP contribution < -0.4 is 14.4 Å². The van der Waals surface area contributed by atoms with E-state index in [1.165, 1.54) is 97.0 Å². The molecule has 0 spiro atoms. The Balaban J connectivity index is 1.43. The van der Waals surface area contributed by atoms with Crippen molar-refractivity contribution in [3.05, 3.63) is 60.4 Å². The molecule has 0 radical (unpaired) electrons. The molecule has 0 bridgehead atoms. The first-order valence-corrected chi connectivity index (χ1v) is 18.0. The monoisotopic (exact) mass is 633 g/mol. The highest BCUT2D eigenvalue weighted by Crippen LogP contribution is 2.35. The minimum Gasteiger partial charge on any atom is -0.447 e. The zero-order chi connectivity index (χ0) is 31.5. The third-order valence-electron chi connectivity index (χ3n) is 7.63. The molecule has 1 heterocycles. The third-order valence-corrected chi connectivity index (χ3v) is 8.37. The van der Waals surface area contributed by atoms with Gasteiger partial charge in [0.2, 0.25) is 0 Å². The molecule has 2 atom stereocenters. The second-order valence-corrected chi connectivity index (χ2v) is 12.4. The first-order valence-electron chi connectivity index (χ1n) is 16.9. The van der Waals surface area contributed by atoms with Gasteiger partial charge in [0.15, 0.2) is 18.9 Å². The zero-order valence-corrected chi connectivity index (χ0v) is 28.2. The highest BCUT2D eigenvalue weighted by Gasteiger charge is 2.17. The maximum absolute atomic E-state index is 12.1. The Hall–Kier alpha value is -2.25. The molecule has 0 aliphatic rings. The molecule has 2 N–H and O–H groups in total. The number of pyridine rings is 1. The fourth-order valence-electron chi connectivity index (χ4n) is 4.98. The van der Waals surface area contributed by atoms with E-state index in [0.29, 0.717) is 18.8 Å². The summed E-state index contributed by atoms with van der Waals surface area (Å²) in [5.74, 6) is 0.520. The number of aromatic nitrogens is 1.